The SMILES string of the molecule is CC(C)O.ClC1=CC=CN(Cl)C1. The largest absolute Gasteiger partial charge is 0.394 e. The molecule has 1 N–H and O–H groups in total. The van der Waals surface area contributed by atoms with Gasteiger partial charge in [0.15, 0.2) is 0 Å². The van der Waals surface area contributed by atoms with Crippen molar-refractivity contribution < 1.29 is 5.11 Å². The van der Waals surface area contributed by atoms with Gasteiger partial charge in [-0.2, -0.15) is 0 Å². The molecule has 0 aromatic rings. The van der Waals surface area contributed by atoms with Crippen LogP contribution >= 0.6 is 23.4 Å². The Morgan fingerprint density at radius 3 is 2.33 bits per heavy atom. The summed E-state index contributed by atoms with van der Waals surface area (Å²) < 4.78 is 1.50. The highest BCUT2D eigenvalue weighted by molar-refractivity contribution is 6.30. The van der Waals surface area contributed by atoms with Crippen LogP contribution < -0.4 is 0 Å². The molecule has 0 unspecified atom stereocenters. The van der Waals surface area contributed by atoms with E-state index < -0.39 is 0 Å². The maximum absolute atomic E-state index is 8.06. The number of rotatable bonds is 0. The Kier molecular flexibility index (Phi) is 6.25. The van der Waals surface area contributed by atoms with Crippen LogP contribution in [0.1, 0.15) is 13.8 Å². The van der Waals surface area contributed by atoms with Crippen LogP contribution in [-0.2, 0) is 0 Å². The van der Waals surface area contributed by atoms with Crippen molar-refractivity contribution in [2.75, 3.05) is 6.54 Å². The molecule has 0 amide bonds. The molecule has 0 radical (unpaired) electrons. The fourth-order valence-corrected chi connectivity index (χ4v) is 0.947. The first-order chi connectivity index (χ1) is 5.52. The zero-order valence-electron chi connectivity index (χ0n) is 7.17. The van der Waals surface area contributed by atoms with Crippen molar-refractivity contribution in [1.29, 1.82) is 0 Å². The van der Waals surface area contributed by atoms with Gasteiger partial charge in [-0.05, 0) is 26.0 Å². The summed E-state index contributed by atoms with van der Waals surface area (Å²) in [4.78, 5) is 0. The maximum atomic E-state index is 8.06. The van der Waals surface area contributed by atoms with Crippen LogP contribution in [0.3, 0.4) is 0 Å². The molecule has 0 saturated heterocycles. The Bertz CT molecular complexity index is 175. The Morgan fingerprint density at radius 2 is 2.08 bits per heavy atom. The van der Waals surface area contributed by atoms with Crippen molar-refractivity contribution in [2.24, 2.45) is 0 Å². The van der Waals surface area contributed by atoms with Gasteiger partial charge in [0.25, 0.3) is 0 Å². The summed E-state index contributed by atoms with van der Waals surface area (Å²) in [6.07, 6.45) is 5.21. The number of allylic oxidation sites excluding steroid dienone is 2. The van der Waals surface area contributed by atoms with Gasteiger partial charge in [0.05, 0.1) is 6.54 Å². The van der Waals surface area contributed by atoms with E-state index in [-0.39, 0.29) is 6.10 Å². The second-order valence-corrected chi connectivity index (χ2v) is 3.53. The molecule has 0 fully saturated rings. The number of aliphatic hydroxyl groups is 1. The molecule has 0 spiro atoms. The van der Waals surface area contributed by atoms with Gasteiger partial charge in [0.1, 0.15) is 0 Å². The molecule has 12 heavy (non-hydrogen) atoms. The minimum Gasteiger partial charge on any atom is -0.394 e. The highest BCUT2D eigenvalue weighted by Crippen LogP contribution is 2.11. The van der Waals surface area contributed by atoms with Crippen molar-refractivity contribution in [2.45, 2.75) is 20.0 Å². The van der Waals surface area contributed by atoms with Crippen LogP contribution in [0, 0.1) is 0 Å². The molecule has 1 rings (SSSR count). The zero-order valence-corrected chi connectivity index (χ0v) is 8.68. The molecular formula is C8H13Cl2NO. The molecule has 0 aliphatic carbocycles. The highest BCUT2D eigenvalue weighted by Gasteiger charge is 1.99. The van der Waals surface area contributed by atoms with E-state index in [0.29, 0.717) is 6.54 Å². The Morgan fingerprint density at radius 1 is 1.58 bits per heavy atom. The normalized spacial score (nSPS) is 15.5. The molecule has 2 nitrogen and oxygen atoms in total. The van der Waals surface area contributed by atoms with Gasteiger partial charge in [-0.25, -0.2) is 0 Å². The molecule has 0 atom stereocenters. The van der Waals surface area contributed by atoms with Crippen LogP contribution in [-0.4, -0.2) is 22.2 Å². The third-order valence-corrected chi connectivity index (χ3v) is 1.30. The second kappa shape index (κ2) is 6.35. The van der Waals surface area contributed by atoms with Gasteiger partial charge >= 0.3 is 0 Å². The lowest BCUT2D eigenvalue weighted by molar-refractivity contribution is 0.216. The lowest BCUT2D eigenvalue weighted by atomic mass is 10.4. The molecule has 0 aromatic carbocycles. The van der Waals surface area contributed by atoms with E-state index >= 15 is 0 Å². The number of halogens is 2. The zero-order chi connectivity index (χ0) is 9.56. The first kappa shape index (κ1) is 11.8. The third kappa shape index (κ3) is 7.92. The van der Waals surface area contributed by atoms with Gasteiger partial charge in [-0.1, -0.05) is 11.6 Å². The maximum Gasteiger partial charge on any atom is 0.0699 e. The second-order valence-electron chi connectivity index (χ2n) is 2.61. The molecule has 1 heterocycles. The van der Waals surface area contributed by atoms with E-state index in [2.05, 4.69) is 0 Å². The monoisotopic (exact) mass is 209 g/mol. The van der Waals surface area contributed by atoms with Crippen LogP contribution in [0.2, 0.25) is 0 Å². The van der Waals surface area contributed by atoms with E-state index in [1.54, 1.807) is 26.1 Å². The number of aliphatic hydroxyl groups excluding tert-OH is 1. The van der Waals surface area contributed by atoms with E-state index in [0.717, 1.165) is 5.03 Å². The Labute approximate surface area is 83.2 Å². The van der Waals surface area contributed by atoms with Crippen molar-refractivity contribution in [3.8, 4) is 0 Å². The minimum atomic E-state index is -0.167. The van der Waals surface area contributed by atoms with Crippen molar-refractivity contribution in [3.63, 3.8) is 0 Å². The van der Waals surface area contributed by atoms with Gasteiger partial charge < -0.3 is 5.11 Å². The van der Waals surface area contributed by atoms with Crippen LogP contribution in [0.4, 0.5) is 0 Å². The Hall–Kier alpha value is -0.180. The van der Waals surface area contributed by atoms with Gasteiger partial charge in [-0.3, -0.25) is 4.42 Å². The summed E-state index contributed by atoms with van der Waals surface area (Å²) >= 11 is 11.1. The van der Waals surface area contributed by atoms with Crippen LogP contribution in [0.15, 0.2) is 23.4 Å². The van der Waals surface area contributed by atoms with E-state index in [1.165, 1.54) is 4.42 Å². The predicted molar refractivity (Wildman–Crippen MR) is 53.0 cm³/mol. The molecule has 70 valence electrons. The molecule has 4 heteroatoms. The topological polar surface area (TPSA) is 23.5 Å². The van der Waals surface area contributed by atoms with Crippen LogP contribution in [0.25, 0.3) is 0 Å². The lowest BCUT2D eigenvalue weighted by Crippen LogP contribution is -2.07. The van der Waals surface area contributed by atoms with Gasteiger partial charge in [-0.15, -0.1) is 0 Å². The summed E-state index contributed by atoms with van der Waals surface area (Å²) in [5.74, 6) is 0. The fourth-order valence-electron chi connectivity index (χ4n) is 0.491. The average Bonchev–Trinajstić information content (AvgIpc) is 1.84. The third-order valence-electron chi connectivity index (χ3n) is 0.827. The first-order valence-electron chi connectivity index (χ1n) is 3.65. The van der Waals surface area contributed by atoms with Crippen molar-refractivity contribution in [3.05, 3.63) is 23.4 Å². The van der Waals surface area contributed by atoms with Crippen molar-refractivity contribution in [1.82, 2.24) is 4.42 Å². The summed E-state index contributed by atoms with van der Waals surface area (Å²) in [6, 6.07) is 0. The fraction of sp³-hybridized carbons (Fsp3) is 0.500. The smallest absolute Gasteiger partial charge is 0.0699 e. The van der Waals surface area contributed by atoms with E-state index in [9.17, 15) is 0 Å². The standard InChI is InChI=1S/C5H5Cl2N.C3H8O/c6-5-2-1-3-8(7)4-5;1-3(2)4/h1-3H,4H2;3-4H,1-2H3. The summed E-state index contributed by atoms with van der Waals surface area (Å²) in [7, 11) is 0. The molecule has 0 aromatic heterocycles. The van der Waals surface area contributed by atoms with E-state index in [1.807, 2.05) is 6.08 Å². The molecule has 1 aliphatic heterocycles. The average molecular weight is 210 g/mol. The number of hydrogen-bond donors (Lipinski definition) is 1. The molecule has 0 bridgehead atoms. The van der Waals surface area contributed by atoms with Crippen molar-refractivity contribution >= 4 is 23.4 Å². The Balaban J connectivity index is 0.000000261. The van der Waals surface area contributed by atoms with Crippen LogP contribution in [0.5, 0.6) is 0 Å². The number of hydrogen-bond acceptors (Lipinski definition) is 2. The lowest BCUT2D eigenvalue weighted by Gasteiger charge is -2.11. The first-order valence-corrected chi connectivity index (χ1v) is 4.37. The number of nitrogens with zero attached hydrogens (tertiary/aromatic N) is 1. The van der Waals surface area contributed by atoms with Gasteiger partial charge in [0, 0.05) is 29.1 Å². The highest BCUT2D eigenvalue weighted by atomic mass is 35.5. The summed E-state index contributed by atoms with van der Waals surface area (Å²) in [5, 5.41) is 8.82. The van der Waals surface area contributed by atoms with Gasteiger partial charge in [0.2, 0.25) is 0 Å². The molecular weight excluding hydrogens is 197 g/mol. The summed E-state index contributed by atoms with van der Waals surface area (Å²) in [6.45, 7) is 4.06. The molecule has 1 aliphatic rings. The summed E-state index contributed by atoms with van der Waals surface area (Å²) in [5.41, 5.74) is 0. The molecule has 0 saturated carbocycles. The minimum absolute atomic E-state index is 0.167. The quantitative estimate of drug-likeness (QED) is 0.621. The predicted octanol–water partition coefficient (Wildman–Crippen LogP) is 2.48. The van der Waals surface area contributed by atoms with E-state index in [4.69, 9.17) is 28.5 Å².